The summed E-state index contributed by atoms with van der Waals surface area (Å²) in [4.78, 5) is 27.8. The first-order chi connectivity index (χ1) is 12.9. The molecule has 2 amide bonds. The standard InChI is InChI=1S/C21H29N5O/c1-15(2)18-16(3)22-19(17-9-7-6-8-10-17)23-20(18)25-11-13-26(14-12-25)21(27)24(4)5/h6-10,15H,11-14H2,1-5H3. The molecule has 0 unspecified atom stereocenters. The van der Waals surface area contributed by atoms with Crippen LogP contribution in [0.3, 0.4) is 0 Å². The third-order valence-corrected chi connectivity index (χ3v) is 4.96. The number of carbonyl (C=O) groups is 1. The van der Waals surface area contributed by atoms with Crippen LogP contribution in [0.4, 0.5) is 10.6 Å². The highest BCUT2D eigenvalue weighted by molar-refractivity contribution is 5.74. The molecule has 3 rings (SSSR count). The van der Waals surface area contributed by atoms with Crippen molar-refractivity contribution in [2.45, 2.75) is 26.7 Å². The molecule has 0 aliphatic carbocycles. The van der Waals surface area contributed by atoms with Gasteiger partial charge in [0.05, 0.1) is 0 Å². The highest BCUT2D eigenvalue weighted by atomic mass is 16.2. The lowest BCUT2D eigenvalue weighted by Gasteiger charge is -2.37. The highest BCUT2D eigenvalue weighted by Gasteiger charge is 2.26. The quantitative estimate of drug-likeness (QED) is 0.835. The third kappa shape index (κ3) is 4.04. The Balaban J connectivity index is 1.92. The summed E-state index contributed by atoms with van der Waals surface area (Å²) in [5, 5.41) is 0. The molecule has 2 heterocycles. The molecule has 0 saturated carbocycles. The number of anilines is 1. The van der Waals surface area contributed by atoms with E-state index in [0.717, 1.165) is 36.0 Å². The average molecular weight is 367 g/mol. The zero-order chi connectivity index (χ0) is 19.6. The van der Waals surface area contributed by atoms with E-state index >= 15 is 0 Å². The van der Waals surface area contributed by atoms with Gasteiger partial charge in [0.25, 0.3) is 0 Å². The number of amides is 2. The lowest BCUT2D eigenvalue weighted by atomic mass is 10.0. The molecule has 0 spiro atoms. The van der Waals surface area contributed by atoms with Gasteiger partial charge in [-0.25, -0.2) is 14.8 Å². The van der Waals surface area contributed by atoms with E-state index in [0.29, 0.717) is 19.0 Å². The maximum atomic E-state index is 12.2. The van der Waals surface area contributed by atoms with Gasteiger partial charge in [-0.1, -0.05) is 44.2 Å². The van der Waals surface area contributed by atoms with Crippen LogP contribution in [0.2, 0.25) is 0 Å². The van der Waals surface area contributed by atoms with E-state index in [-0.39, 0.29) is 6.03 Å². The molecule has 1 fully saturated rings. The minimum absolute atomic E-state index is 0.0718. The van der Waals surface area contributed by atoms with Crippen LogP contribution in [0.15, 0.2) is 30.3 Å². The second kappa shape index (κ2) is 7.94. The summed E-state index contributed by atoms with van der Waals surface area (Å²) in [5.74, 6) is 2.11. The molecule has 1 saturated heterocycles. The number of aromatic nitrogens is 2. The minimum Gasteiger partial charge on any atom is -0.353 e. The first-order valence-corrected chi connectivity index (χ1v) is 9.53. The molecule has 1 aromatic carbocycles. The molecule has 2 aromatic rings. The summed E-state index contributed by atoms with van der Waals surface area (Å²) < 4.78 is 0. The van der Waals surface area contributed by atoms with E-state index in [2.05, 4.69) is 25.7 Å². The molecule has 0 radical (unpaired) electrons. The van der Waals surface area contributed by atoms with Gasteiger partial charge in [-0.3, -0.25) is 0 Å². The van der Waals surface area contributed by atoms with E-state index in [9.17, 15) is 4.79 Å². The van der Waals surface area contributed by atoms with Crippen molar-refractivity contribution < 1.29 is 4.79 Å². The van der Waals surface area contributed by atoms with Crippen LogP contribution in [0.25, 0.3) is 11.4 Å². The fourth-order valence-corrected chi connectivity index (χ4v) is 3.59. The van der Waals surface area contributed by atoms with Crippen LogP contribution in [-0.2, 0) is 0 Å². The summed E-state index contributed by atoms with van der Waals surface area (Å²) >= 11 is 0. The van der Waals surface area contributed by atoms with Gasteiger partial charge < -0.3 is 14.7 Å². The lowest BCUT2D eigenvalue weighted by molar-refractivity contribution is 0.168. The Morgan fingerprint density at radius 2 is 1.67 bits per heavy atom. The van der Waals surface area contributed by atoms with Gasteiger partial charge >= 0.3 is 6.03 Å². The Labute approximate surface area is 161 Å². The summed E-state index contributed by atoms with van der Waals surface area (Å²) in [5.41, 5.74) is 3.25. The molecule has 0 bridgehead atoms. The zero-order valence-electron chi connectivity index (χ0n) is 16.9. The summed E-state index contributed by atoms with van der Waals surface area (Å²) in [6.07, 6.45) is 0. The predicted molar refractivity (Wildman–Crippen MR) is 109 cm³/mol. The molecule has 0 atom stereocenters. The topological polar surface area (TPSA) is 52.6 Å². The number of aryl methyl sites for hydroxylation is 1. The maximum absolute atomic E-state index is 12.2. The predicted octanol–water partition coefficient (Wildman–Crippen LogP) is 3.38. The first kappa shape index (κ1) is 19.1. The summed E-state index contributed by atoms with van der Waals surface area (Å²) in [6, 6.07) is 10.2. The number of hydrogen-bond donors (Lipinski definition) is 0. The fraction of sp³-hybridized carbons (Fsp3) is 0.476. The van der Waals surface area contributed by atoms with E-state index in [1.807, 2.05) is 35.2 Å². The number of carbonyl (C=O) groups excluding carboxylic acids is 1. The van der Waals surface area contributed by atoms with Gasteiger partial charge in [-0.2, -0.15) is 0 Å². The Hall–Kier alpha value is -2.63. The Morgan fingerprint density at radius 3 is 2.22 bits per heavy atom. The van der Waals surface area contributed by atoms with Crippen LogP contribution in [0.1, 0.15) is 31.0 Å². The smallest absolute Gasteiger partial charge is 0.319 e. The van der Waals surface area contributed by atoms with Crippen molar-refractivity contribution in [3.05, 3.63) is 41.6 Å². The number of benzene rings is 1. The van der Waals surface area contributed by atoms with Crippen molar-refractivity contribution in [2.75, 3.05) is 45.2 Å². The number of urea groups is 1. The zero-order valence-corrected chi connectivity index (χ0v) is 16.9. The highest BCUT2D eigenvalue weighted by Crippen LogP contribution is 2.31. The van der Waals surface area contributed by atoms with E-state index in [4.69, 9.17) is 9.97 Å². The van der Waals surface area contributed by atoms with Crippen molar-refractivity contribution in [3.63, 3.8) is 0 Å². The number of nitrogens with zero attached hydrogens (tertiary/aromatic N) is 5. The molecule has 27 heavy (non-hydrogen) atoms. The molecular formula is C21H29N5O. The van der Waals surface area contributed by atoms with E-state index in [1.54, 1.807) is 19.0 Å². The Morgan fingerprint density at radius 1 is 1.04 bits per heavy atom. The fourth-order valence-electron chi connectivity index (χ4n) is 3.59. The van der Waals surface area contributed by atoms with Crippen molar-refractivity contribution in [1.82, 2.24) is 19.8 Å². The maximum Gasteiger partial charge on any atom is 0.319 e. The van der Waals surface area contributed by atoms with Crippen LogP contribution in [0, 0.1) is 6.92 Å². The molecule has 0 N–H and O–H groups in total. The molecule has 144 valence electrons. The van der Waals surface area contributed by atoms with Gasteiger partial charge in [0, 0.05) is 57.1 Å². The van der Waals surface area contributed by atoms with Crippen molar-refractivity contribution in [1.29, 1.82) is 0 Å². The molecule has 1 aromatic heterocycles. The second-order valence-electron chi connectivity index (χ2n) is 7.54. The first-order valence-electron chi connectivity index (χ1n) is 9.53. The lowest BCUT2D eigenvalue weighted by Crippen LogP contribution is -2.52. The van der Waals surface area contributed by atoms with Crippen molar-refractivity contribution in [2.24, 2.45) is 0 Å². The number of rotatable bonds is 3. The third-order valence-electron chi connectivity index (χ3n) is 4.96. The van der Waals surface area contributed by atoms with Crippen LogP contribution in [0.5, 0.6) is 0 Å². The van der Waals surface area contributed by atoms with Crippen molar-refractivity contribution >= 4 is 11.8 Å². The average Bonchev–Trinajstić information content (AvgIpc) is 2.67. The SMILES string of the molecule is Cc1nc(-c2ccccc2)nc(N2CCN(C(=O)N(C)C)CC2)c1C(C)C. The van der Waals surface area contributed by atoms with Crippen LogP contribution >= 0.6 is 0 Å². The monoisotopic (exact) mass is 367 g/mol. The Kier molecular flexibility index (Phi) is 5.63. The Bertz CT molecular complexity index is 796. The van der Waals surface area contributed by atoms with Gasteiger partial charge in [-0.05, 0) is 12.8 Å². The number of piperazine rings is 1. The molecule has 1 aliphatic rings. The van der Waals surface area contributed by atoms with Gasteiger partial charge in [-0.15, -0.1) is 0 Å². The van der Waals surface area contributed by atoms with E-state index < -0.39 is 0 Å². The largest absolute Gasteiger partial charge is 0.353 e. The van der Waals surface area contributed by atoms with Crippen LogP contribution < -0.4 is 4.90 Å². The van der Waals surface area contributed by atoms with E-state index in [1.165, 1.54) is 5.56 Å². The number of hydrogen-bond acceptors (Lipinski definition) is 4. The van der Waals surface area contributed by atoms with Gasteiger partial charge in [0.15, 0.2) is 5.82 Å². The summed E-state index contributed by atoms with van der Waals surface area (Å²) in [7, 11) is 3.59. The normalized spacial score (nSPS) is 14.6. The van der Waals surface area contributed by atoms with Gasteiger partial charge in [0.1, 0.15) is 5.82 Å². The molecule has 6 nitrogen and oxygen atoms in total. The van der Waals surface area contributed by atoms with Crippen LogP contribution in [-0.4, -0.2) is 66.1 Å². The van der Waals surface area contributed by atoms with Gasteiger partial charge in [0.2, 0.25) is 0 Å². The molecular weight excluding hydrogens is 338 g/mol. The minimum atomic E-state index is 0.0718. The molecule has 1 aliphatic heterocycles. The second-order valence-corrected chi connectivity index (χ2v) is 7.54. The summed E-state index contributed by atoms with van der Waals surface area (Å²) in [6.45, 7) is 9.41. The molecule has 6 heteroatoms. The van der Waals surface area contributed by atoms with Crippen molar-refractivity contribution in [3.8, 4) is 11.4 Å².